The normalized spacial score (nSPS) is 11.3. The Morgan fingerprint density at radius 1 is 1.03 bits per heavy atom. The van der Waals surface area contributed by atoms with Gasteiger partial charge in [-0.25, -0.2) is 13.8 Å². The number of methoxy groups -OCH3 is 2. The topological polar surface area (TPSA) is 97.3 Å². The van der Waals surface area contributed by atoms with Gasteiger partial charge in [-0.15, -0.1) is 0 Å². The number of carbonyl (C=O) groups excluding carboxylic acids is 1. The average Bonchev–Trinajstić information content (AvgIpc) is 2.82. The number of sulfonamides is 1. The number of benzene rings is 3. The minimum Gasteiger partial charge on any atom is -0.493 e. The molecule has 0 aliphatic carbocycles. The van der Waals surface area contributed by atoms with Crippen molar-refractivity contribution in [2.24, 2.45) is 5.10 Å². The number of para-hydroxylation sites is 1. The summed E-state index contributed by atoms with van der Waals surface area (Å²) in [4.78, 5) is 12.5. The number of hydrazone groups is 1. The minimum atomic E-state index is -3.56. The molecular formula is C24H24ClN3O5S. The van der Waals surface area contributed by atoms with Crippen molar-refractivity contribution in [2.45, 2.75) is 6.54 Å². The van der Waals surface area contributed by atoms with Crippen LogP contribution in [0.25, 0.3) is 0 Å². The summed E-state index contributed by atoms with van der Waals surface area (Å²) >= 11 is 5.91. The third-order valence-electron chi connectivity index (χ3n) is 4.86. The lowest BCUT2D eigenvalue weighted by Gasteiger charge is -2.22. The summed E-state index contributed by atoms with van der Waals surface area (Å²) in [6, 6.07) is 18.4. The van der Waals surface area contributed by atoms with Crippen LogP contribution in [0.3, 0.4) is 0 Å². The van der Waals surface area contributed by atoms with Gasteiger partial charge in [-0.05, 0) is 54.1 Å². The zero-order chi connectivity index (χ0) is 24.7. The molecule has 0 saturated heterocycles. The van der Waals surface area contributed by atoms with E-state index in [0.29, 0.717) is 33.3 Å². The molecule has 0 saturated carbocycles. The maximum absolute atomic E-state index is 12.5. The number of rotatable bonds is 9. The maximum Gasteiger partial charge on any atom is 0.271 e. The van der Waals surface area contributed by atoms with Crippen molar-refractivity contribution in [1.29, 1.82) is 0 Å². The van der Waals surface area contributed by atoms with Crippen LogP contribution in [0.15, 0.2) is 71.8 Å². The molecule has 0 aliphatic heterocycles. The summed E-state index contributed by atoms with van der Waals surface area (Å²) in [5.74, 6) is 0.588. The van der Waals surface area contributed by atoms with Gasteiger partial charge in [-0.1, -0.05) is 29.8 Å². The summed E-state index contributed by atoms with van der Waals surface area (Å²) in [6.45, 7) is 0.133. The number of nitrogens with zero attached hydrogens (tertiary/aromatic N) is 2. The van der Waals surface area contributed by atoms with E-state index in [9.17, 15) is 13.2 Å². The molecule has 0 aliphatic rings. The maximum atomic E-state index is 12.5. The predicted octanol–water partition coefficient (Wildman–Crippen LogP) is 4.09. The van der Waals surface area contributed by atoms with Crippen molar-refractivity contribution >= 4 is 39.4 Å². The number of halogens is 1. The lowest BCUT2D eigenvalue weighted by atomic mass is 10.2. The lowest BCUT2D eigenvalue weighted by Crippen LogP contribution is -2.29. The molecule has 1 amide bonds. The fourth-order valence-corrected chi connectivity index (χ4v) is 4.19. The van der Waals surface area contributed by atoms with Crippen LogP contribution in [0, 0.1) is 0 Å². The van der Waals surface area contributed by atoms with Crippen LogP contribution in [0.5, 0.6) is 11.5 Å². The highest BCUT2D eigenvalue weighted by molar-refractivity contribution is 7.92. The van der Waals surface area contributed by atoms with Crippen LogP contribution in [-0.4, -0.2) is 41.0 Å². The molecule has 10 heteroatoms. The van der Waals surface area contributed by atoms with E-state index in [1.54, 1.807) is 54.6 Å². The van der Waals surface area contributed by atoms with Crippen LogP contribution in [0.2, 0.25) is 5.02 Å². The number of ether oxygens (including phenoxy) is 2. The molecule has 3 aromatic rings. The minimum absolute atomic E-state index is 0.133. The Morgan fingerprint density at radius 3 is 2.29 bits per heavy atom. The molecule has 0 atom stereocenters. The van der Waals surface area contributed by atoms with E-state index in [1.165, 1.54) is 36.9 Å². The van der Waals surface area contributed by atoms with Gasteiger partial charge in [-0.3, -0.25) is 9.10 Å². The highest BCUT2D eigenvalue weighted by Crippen LogP contribution is 2.29. The Balaban J connectivity index is 1.73. The molecule has 8 nitrogen and oxygen atoms in total. The molecule has 3 aromatic carbocycles. The molecule has 0 aromatic heterocycles. The highest BCUT2D eigenvalue weighted by Gasteiger charge is 2.18. The summed E-state index contributed by atoms with van der Waals surface area (Å²) in [5, 5.41) is 4.55. The van der Waals surface area contributed by atoms with E-state index in [4.69, 9.17) is 21.1 Å². The van der Waals surface area contributed by atoms with E-state index in [2.05, 4.69) is 10.5 Å². The van der Waals surface area contributed by atoms with E-state index in [-0.39, 0.29) is 6.54 Å². The largest absolute Gasteiger partial charge is 0.493 e. The van der Waals surface area contributed by atoms with E-state index in [0.717, 1.165) is 11.8 Å². The fourth-order valence-electron chi connectivity index (χ4n) is 3.17. The zero-order valence-corrected chi connectivity index (χ0v) is 20.4. The number of nitrogens with one attached hydrogen (secondary N) is 1. The van der Waals surface area contributed by atoms with Crippen LogP contribution in [0.4, 0.5) is 5.69 Å². The van der Waals surface area contributed by atoms with Crippen LogP contribution >= 0.6 is 11.6 Å². The Hall–Kier alpha value is -3.56. The number of amides is 1. The first-order valence-electron chi connectivity index (χ1n) is 10.1. The fraction of sp³-hybridized carbons (Fsp3) is 0.167. The van der Waals surface area contributed by atoms with E-state index >= 15 is 0 Å². The summed E-state index contributed by atoms with van der Waals surface area (Å²) in [7, 11) is -0.514. The zero-order valence-electron chi connectivity index (χ0n) is 18.9. The van der Waals surface area contributed by atoms with Gasteiger partial charge in [-0.2, -0.15) is 5.10 Å². The second-order valence-electron chi connectivity index (χ2n) is 7.22. The van der Waals surface area contributed by atoms with Gasteiger partial charge in [0.25, 0.3) is 5.91 Å². The van der Waals surface area contributed by atoms with Gasteiger partial charge in [0, 0.05) is 16.1 Å². The van der Waals surface area contributed by atoms with Gasteiger partial charge in [0.1, 0.15) is 0 Å². The Kier molecular flexibility index (Phi) is 8.14. The SMILES string of the molecule is COc1cccc(/C=N\NC(=O)c2ccc(N(Cc3ccc(Cl)cc3)S(C)(=O)=O)cc2)c1OC. The third kappa shape index (κ3) is 6.27. The molecule has 3 rings (SSSR count). The highest BCUT2D eigenvalue weighted by atomic mass is 35.5. The van der Waals surface area contributed by atoms with Crippen molar-refractivity contribution in [2.75, 3.05) is 24.8 Å². The van der Waals surface area contributed by atoms with Crippen molar-refractivity contribution in [3.8, 4) is 11.5 Å². The molecule has 0 unspecified atom stereocenters. The predicted molar refractivity (Wildman–Crippen MR) is 134 cm³/mol. The number of hydrogen-bond acceptors (Lipinski definition) is 6. The smallest absolute Gasteiger partial charge is 0.271 e. The molecule has 34 heavy (non-hydrogen) atoms. The summed E-state index contributed by atoms with van der Waals surface area (Å²) in [5.41, 5.74) is 4.60. The number of anilines is 1. The molecule has 178 valence electrons. The second kappa shape index (κ2) is 11.0. The molecule has 0 radical (unpaired) electrons. The van der Waals surface area contributed by atoms with Crippen molar-refractivity contribution in [3.63, 3.8) is 0 Å². The molecular weight excluding hydrogens is 478 g/mol. The molecule has 1 N–H and O–H groups in total. The number of carbonyl (C=O) groups is 1. The first kappa shape index (κ1) is 25.1. The van der Waals surface area contributed by atoms with Crippen LogP contribution in [-0.2, 0) is 16.6 Å². The summed E-state index contributed by atoms with van der Waals surface area (Å²) < 4.78 is 36.6. The Bertz CT molecular complexity index is 1280. The van der Waals surface area contributed by atoms with Crippen molar-refractivity contribution in [1.82, 2.24) is 5.43 Å². The van der Waals surface area contributed by atoms with Gasteiger partial charge >= 0.3 is 0 Å². The molecule has 0 spiro atoms. The van der Waals surface area contributed by atoms with Gasteiger partial charge in [0.05, 0.1) is 38.9 Å². The standard InChI is InChI=1S/C24H24ClN3O5S/c1-32-22-6-4-5-19(23(22)33-2)15-26-27-24(29)18-9-13-21(14-10-18)28(34(3,30)31)16-17-7-11-20(25)12-8-17/h4-15H,16H2,1-3H3,(H,27,29)/b26-15-. The Labute approximate surface area is 203 Å². The van der Waals surface area contributed by atoms with Crippen molar-refractivity contribution in [3.05, 3.63) is 88.4 Å². The Morgan fingerprint density at radius 2 is 1.71 bits per heavy atom. The molecule has 0 bridgehead atoms. The van der Waals surface area contributed by atoms with Gasteiger partial charge in [0.15, 0.2) is 11.5 Å². The van der Waals surface area contributed by atoms with E-state index in [1.807, 2.05) is 0 Å². The second-order valence-corrected chi connectivity index (χ2v) is 9.57. The third-order valence-corrected chi connectivity index (χ3v) is 6.25. The first-order valence-corrected chi connectivity index (χ1v) is 12.3. The van der Waals surface area contributed by atoms with Gasteiger partial charge < -0.3 is 9.47 Å². The quantitative estimate of drug-likeness (QED) is 0.352. The monoisotopic (exact) mass is 501 g/mol. The van der Waals surface area contributed by atoms with Gasteiger partial charge in [0.2, 0.25) is 10.0 Å². The van der Waals surface area contributed by atoms with Crippen LogP contribution in [0.1, 0.15) is 21.5 Å². The molecule has 0 heterocycles. The molecule has 0 fully saturated rings. The average molecular weight is 502 g/mol. The van der Waals surface area contributed by atoms with Crippen molar-refractivity contribution < 1.29 is 22.7 Å². The van der Waals surface area contributed by atoms with E-state index < -0.39 is 15.9 Å². The first-order chi connectivity index (χ1) is 16.2. The lowest BCUT2D eigenvalue weighted by molar-refractivity contribution is 0.0955. The summed E-state index contributed by atoms with van der Waals surface area (Å²) in [6.07, 6.45) is 2.58. The van der Waals surface area contributed by atoms with Crippen LogP contribution < -0.4 is 19.2 Å². The number of hydrogen-bond donors (Lipinski definition) is 1.